The molecule has 7 N–H and O–H groups in total. The first kappa shape index (κ1) is 103. The summed E-state index contributed by atoms with van der Waals surface area (Å²) in [5.74, 6) is -7.77. The fraction of sp³-hybridized carbons (Fsp3) is 0.688. The number of piperidine rings is 1. The van der Waals surface area contributed by atoms with Gasteiger partial charge in [-0.25, -0.2) is 24.1 Å². The van der Waals surface area contributed by atoms with Gasteiger partial charge in [0, 0.05) is 102 Å². The molecule has 3 fully saturated rings. The number of Topliss-reactive ketones (excluding diaryl/α,β-unsaturated/α-hetero) is 3. The third kappa shape index (κ3) is 32.4. The number of esters is 1. The molecule has 7 heterocycles. The molecule has 3 aliphatic heterocycles. The number of aromatic hydroxyl groups is 1. The van der Waals surface area contributed by atoms with Crippen LogP contribution >= 0.6 is 0 Å². The van der Waals surface area contributed by atoms with Crippen LogP contribution in [0.25, 0.3) is 33.3 Å². The maximum Gasteiger partial charge on any atom is 0.329 e. The van der Waals surface area contributed by atoms with Crippen LogP contribution in [-0.2, 0) is 115 Å². The molecule has 4 aromatic heterocycles. The van der Waals surface area contributed by atoms with Crippen LogP contribution in [0.1, 0.15) is 163 Å². The molecule has 15 atom stereocenters. The fourth-order valence-corrected chi connectivity index (χ4v) is 16.8. The molecule has 0 spiro atoms. The number of nitrogens with one attached hydrogen (secondary N) is 2. The Labute approximate surface area is 746 Å². The highest BCUT2D eigenvalue weighted by Crippen LogP contribution is 2.40. The number of hydrogen-bond donors (Lipinski definition) is 6. The molecule has 1 aliphatic carbocycles. The number of ketones is 3. The van der Waals surface area contributed by atoms with E-state index >= 15 is 0 Å². The Morgan fingerprint density at radius 3 is 2.09 bits per heavy atom. The number of aliphatic hydroxyl groups is 2. The minimum Gasteiger partial charge on any atom is -0.508 e. The number of unbranched alkanes of at least 4 members (excludes halogenated alkanes) is 2. The minimum absolute atomic E-state index is 0.00507. The van der Waals surface area contributed by atoms with Crippen molar-refractivity contribution in [3.05, 3.63) is 90.1 Å². The van der Waals surface area contributed by atoms with E-state index in [9.17, 15) is 44.1 Å². The topological polar surface area (TPSA) is 424 Å². The van der Waals surface area contributed by atoms with E-state index in [1.54, 1.807) is 68.6 Å². The van der Waals surface area contributed by atoms with Gasteiger partial charge >= 0.3 is 5.97 Å². The van der Waals surface area contributed by atoms with Gasteiger partial charge < -0.3 is 103 Å². The van der Waals surface area contributed by atoms with Crippen LogP contribution in [0.3, 0.4) is 0 Å². The predicted octanol–water partition coefficient (Wildman–Crippen LogP) is 9.51. The van der Waals surface area contributed by atoms with Gasteiger partial charge in [-0.1, -0.05) is 76.3 Å². The zero-order chi connectivity index (χ0) is 91.0. The van der Waals surface area contributed by atoms with Crippen molar-refractivity contribution in [2.24, 2.45) is 35.5 Å². The van der Waals surface area contributed by atoms with E-state index in [0.29, 0.717) is 205 Å². The van der Waals surface area contributed by atoms with Crippen molar-refractivity contribution < 1.29 is 110 Å². The van der Waals surface area contributed by atoms with Gasteiger partial charge in [-0.3, -0.25) is 24.0 Å². The number of ether oxygens (including phenoxy) is 14. The van der Waals surface area contributed by atoms with E-state index < -0.39 is 77.8 Å². The summed E-state index contributed by atoms with van der Waals surface area (Å²) in [5, 5.41) is 51.7. The lowest BCUT2D eigenvalue weighted by Crippen LogP contribution is -2.61. The number of anilines is 1. The molecule has 34 nitrogen and oxygen atoms in total. The van der Waals surface area contributed by atoms with Crippen LogP contribution in [0.4, 0.5) is 5.82 Å². The van der Waals surface area contributed by atoms with Crippen molar-refractivity contribution in [1.82, 2.24) is 49.9 Å². The van der Waals surface area contributed by atoms with Gasteiger partial charge in [-0.15, -0.1) is 5.10 Å². The Kier molecular flexibility index (Phi) is 44.0. The highest BCUT2D eigenvalue weighted by Gasteiger charge is 2.53. The molecule has 1 saturated carbocycles. The number of benzene rings is 1. The number of aliphatic hydroxyl groups excluding tert-OH is 1. The summed E-state index contributed by atoms with van der Waals surface area (Å²) in [4.78, 5) is 97.9. The Bertz CT molecular complexity index is 4320. The van der Waals surface area contributed by atoms with Crippen LogP contribution < -0.4 is 11.1 Å². The number of aromatic amines is 1. The van der Waals surface area contributed by atoms with Crippen LogP contribution in [-0.4, -0.2) is 296 Å². The van der Waals surface area contributed by atoms with Crippen molar-refractivity contribution in [1.29, 1.82) is 0 Å². The van der Waals surface area contributed by atoms with Crippen LogP contribution in [0.2, 0.25) is 0 Å². The number of amides is 2. The lowest BCUT2D eigenvalue weighted by atomic mass is 9.78. The van der Waals surface area contributed by atoms with Gasteiger partial charge in [0.05, 0.1) is 153 Å². The Morgan fingerprint density at radius 2 is 1.41 bits per heavy atom. The second-order valence-corrected chi connectivity index (χ2v) is 34.1. The lowest BCUT2D eigenvalue weighted by molar-refractivity contribution is -0.265. The normalized spacial score (nSPS) is 26.5. The summed E-state index contributed by atoms with van der Waals surface area (Å²) in [6.45, 7) is 21.6. The summed E-state index contributed by atoms with van der Waals surface area (Å²) in [5.41, 5.74) is 11.2. The van der Waals surface area contributed by atoms with Crippen molar-refractivity contribution in [3.8, 4) is 17.1 Å². The first-order chi connectivity index (χ1) is 61.4. The average molecular weight is 1780 g/mol. The van der Waals surface area contributed by atoms with Gasteiger partial charge in [-0.2, -0.15) is 5.10 Å². The number of cyclic esters (lactones) is 1. The first-order valence-corrected chi connectivity index (χ1v) is 45.6. The summed E-state index contributed by atoms with van der Waals surface area (Å²) in [6, 6.07) is 5.84. The Morgan fingerprint density at radius 1 is 0.724 bits per heavy atom. The first-order valence-electron chi connectivity index (χ1n) is 45.6. The molecular weight excluding hydrogens is 1640 g/mol. The lowest BCUT2D eigenvalue weighted by Gasteiger charge is -2.42. The van der Waals surface area contributed by atoms with Crippen molar-refractivity contribution in [2.75, 3.05) is 152 Å². The number of nitrogen functional groups attached to an aromatic ring is 1. The van der Waals surface area contributed by atoms with Gasteiger partial charge in [0.15, 0.2) is 11.4 Å². The van der Waals surface area contributed by atoms with E-state index in [2.05, 4.69) is 30.6 Å². The van der Waals surface area contributed by atoms with Crippen molar-refractivity contribution >= 4 is 62.9 Å². The molecule has 5 aromatic rings. The summed E-state index contributed by atoms with van der Waals surface area (Å²) in [6.07, 6.45) is 19.3. The Hall–Kier alpha value is -8.17. The number of carbonyl (C=O) groups is 6. The quantitative estimate of drug-likeness (QED) is 0.00913. The maximum atomic E-state index is 14.8. The number of aromatic nitrogens is 8. The number of allylic oxidation sites excluding steroid dienone is 6. The second kappa shape index (κ2) is 54.5. The molecule has 2 bridgehead atoms. The van der Waals surface area contributed by atoms with E-state index in [1.165, 1.54) is 18.3 Å². The van der Waals surface area contributed by atoms with E-state index in [0.717, 1.165) is 72.8 Å². The number of phenols is 1. The number of carbonyl (C=O) groups excluding carboxylic acids is 6. The summed E-state index contributed by atoms with van der Waals surface area (Å²) >= 11 is 0. The van der Waals surface area contributed by atoms with Crippen LogP contribution in [0.15, 0.2) is 84.4 Å². The monoisotopic (exact) mass is 1780 g/mol. The molecule has 706 valence electrons. The molecule has 1 unspecified atom stereocenters. The zero-order valence-corrected chi connectivity index (χ0v) is 76.2. The van der Waals surface area contributed by atoms with Gasteiger partial charge in [0.2, 0.25) is 11.7 Å². The van der Waals surface area contributed by atoms with Crippen molar-refractivity contribution in [2.45, 2.75) is 232 Å². The van der Waals surface area contributed by atoms with E-state index in [4.69, 9.17) is 77.1 Å². The third-order valence-corrected chi connectivity index (χ3v) is 24.3. The smallest absolute Gasteiger partial charge is 0.329 e. The number of aryl methyl sites for hydroxylation is 2. The third-order valence-electron chi connectivity index (χ3n) is 24.3. The predicted molar refractivity (Wildman–Crippen MR) is 474 cm³/mol. The largest absolute Gasteiger partial charge is 0.508 e. The number of nitrogens with zero attached hydrogens (tertiary/aromatic N) is 8. The number of methoxy groups -OCH3 is 3. The van der Waals surface area contributed by atoms with E-state index in [-0.39, 0.29) is 85.6 Å². The molecular formula is C93H141N11O23. The number of H-pyrrole nitrogens is 1. The zero-order valence-electron chi connectivity index (χ0n) is 76.2. The SMILES string of the molecule is CO[C@H]1C[C@@H]2CC[C@@H](C)[C@@](O)(O2)C(=O)C(=O)N2CCCC[C@H]2C(=O)OC([C@H](C)C[C@@H]2CC[C@@H](OCCCCc3cn(CCOCCOCCOCCOCCOCCOCCOCCOCCC(=O)NCCCCn4nc(-c5cc6cc(O)ccc6[nH]5)c5c(N)ncnc54)nn3)[C@H](OC)C2)CC(=O)[C@H](C)/C=C(\C)[C@@H](O)[C@@H](OC)C(=O)[C@H](C)C[C@H](C)/C=C/C=C/C=C/1C. The summed E-state index contributed by atoms with van der Waals surface area (Å²) in [7, 11) is 4.65. The molecule has 34 heteroatoms. The molecule has 2 saturated heterocycles. The average Bonchev–Trinajstić information content (AvgIpc) is 1.76. The highest BCUT2D eigenvalue weighted by molar-refractivity contribution is 6.39. The molecule has 127 heavy (non-hydrogen) atoms. The minimum atomic E-state index is -2.46. The molecule has 0 radical (unpaired) electrons. The Balaban J connectivity index is 0.586. The number of rotatable bonds is 45. The van der Waals surface area contributed by atoms with Crippen molar-refractivity contribution in [3.63, 3.8) is 0 Å². The standard InChI is InChI=1S/C93H141N11O23/c1-62-20-12-11-13-21-63(2)79(114-8)58-73-27-24-68(7)93(113,127-73)88(110)91(111)103-32-17-14-23-76(103)92(112)126-80(59-77(106)64(3)53-67(6)86(109)87(116-10)85(108)66(5)52-62)65(4)54-69-25-29-78(81(55-69)115-9)125-35-19-15-22-71-60-102(101-99-71)34-37-118-39-41-120-43-45-122-47-49-124-51-50-123-48-46-121-44-42-119-40-38-117-36-30-82(107)95-31-16-18-33-104-90-83(89(94)96-61-97-90)84(100-104)75-57-70-56-72(105)26-28-74(70)98-75/h11-13,20-21,26,28,53,56-57,60-62,64-66,68-69,73,76,78-81,86-87,98,105,109,113H,14-19,22-25,27,29-52,54-55,58-59H2,1-10H3,(H,95,107)(H2,94,96,97)/b13-11+,20-12+,63-21+,67-53+/t62-,64-,65-,66-,68-,69+,73+,76+,78-,79+,80?,81-,86-,87+,93-/m1/s1. The molecule has 9 rings (SSSR count). The maximum absolute atomic E-state index is 14.8. The number of nitrogens with two attached hydrogens (primary N) is 1. The fourth-order valence-electron chi connectivity index (χ4n) is 16.8. The number of hydrogen-bond acceptors (Lipinski definition) is 29. The van der Waals surface area contributed by atoms with Gasteiger partial charge in [0.1, 0.15) is 53.7 Å². The van der Waals surface area contributed by atoms with Crippen LogP contribution in [0, 0.1) is 35.5 Å². The molecule has 2 amide bonds. The second-order valence-electron chi connectivity index (χ2n) is 34.1. The molecule has 1 aromatic carbocycles. The van der Waals surface area contributed by atoms with E-state index in [1.807, 2.05) is 70.3 Å². The number of phenolic OH excluding ortho intramolecular Hbond substituents is 1. The highest BCUT2D eigenvalue weighted by atomic mass is 16.6. The van der Waals surface area contributed by atoms with Gasteiger partial charge in [0.25, 0.3) is 11.7 Å². The van der Waals surface area contributed by atoms with Gasteiger partial charge in [-0.05, 0) is 163 Å². The van der Waals surface area contributed by atoms with Crippen LogP contribution in [0.5, 0.6) is 5.75 Å². The summed E-state index contributed by atoms with van der Waals surface area (Å²) < 4.78 is 85.4. The number of fused-ring (bicyclic) bond motifs is 5. The molecule has 4 aliphatic rings.